The van der Waals surface area contributed by atoms with Gasteiger partial charge in [-0.25, -0.2) is 0 Å². The zero-order valence-corrected chi connectivity index (χ0v) is 12.6. The van der Waals surface area contributed by atoms with Crippen LogP contribution in [0.25, 0.3) is 0 Å². The van der Waals surface area contributed by atoms with Crippen LogP contribution >= 0.6 is 11.6 Å². The van der Waals surface area contributed by atoms with Crippen LogP contribution in [0.5, 0.6) is 0 Å². The summed E-state index contributed by atoms with van der Waals surface area (Å²) in [5.41, 5.74) is 0.496. The summed E-state index contributed by atoms with van der Waals surface area (Å²) in [5, 5.41) is 0. The Morgan fingerprint density at radius 2 is 1.89 bits per heavy atom. The Hall–Kier alpha value is -1.06. The van der Waals surface area contributed by atoms with Crippen LogP contribution in [0, 0.1) is 0 Å². The van der Waals surface area contributed by atoms with Crippen molar-refractivity contribution < 1.29 is 9.53 Å². The molecule has 0 aliphatic heterocycles. The lowest BCUT2D eigenvalue weighted by Gasteiger charge is -2.29. The normalized spacial score (nSPS) is 11.4. The molecule has 0 bridgehead atoms. The molecule has 0 fully saturated rings. The molecule has 1 aromatic carbocycles. The van der Waals surface area contributed by atoms with Crippen LogP contribution in [0.4, 0.5) is 0 Å². The van der Waals surface area contributed by atoms with E-state index in [4.69, 9.17) is 16.3 Å². The van der Waals surface area contributed by atoms with E-state index in [9.17, 15) is 4.79 Å². The molecular weight excluding hydrogens is 262 g/mol. The molecule has 0 saturated heterocycles. The second kappa shape index (κ2) is 7.51. The number of halogens is 1. The van der Waals surface area contributed by atoms with E-state index in [-0.39, 0.29) is 5.91 Å². The van der Waals surface area contributed by atoms with Gasteiger partial charge >= 0.3 is 0 Å². The van der Waals surface area contributed by atoms with Gasteiger partial charge in [-0.3, -0.25) is 4.79 Å². The maximum atomic E-state index is 12.5. The average Bonchev–Trinajstić information content (AvgIpc) is 2.43. The van der Waals surface area contributed by atoms with Crippen LogP contribution in [-0.4, -0.2) is 43.5 Å². The van der Waals surface area contributed by atoms with Gasteiger partial charge in [0.25, 0.3) is 0 Å². The summed E-state index contributed by atoms with van der Waals surface area (Å²) in [6, 6.07) is 9.82. The van der Waals surface area contributed by atoms with Crippen molar-refractivity contribution in [2.24, 2.45) is 0 Å². The Morgan fingerprint density at radius 1 is 1.26 bits per heavy atom. The molecule has 19 heavy (non-hydrogen) atoms. The van der Waals surface area contributed by atoms with Crippen LogP contribution in [0.3, 0.4) is 0 Å². The van der Waals surface area contributed by atoms with Gasteiger partial charge in [-0.1, -0.05) is 30.3 Å². The molecule has 0 N–H and O–H groups in total. The Labute approximate surface area is 120 Å². The summed E-state index contributed by atoms with van der Waals surface area (Å²) >= 11 is 5.53. The van der Waals surface area contributed by atoms with Crippen LogP contribution in [0.2, 0.25) is 0 Å². The first kappa shape index (κ1) is 16.0. The summed E-state index contributed by atoms with van der Waals surface area (Å²) in [7, 11) is 1.80. The van der Waals surface area contributed by atoms with Crippen LogP contribution in [-0.2, 0) is 14.9 Å². The highest BCUT2D eigenvalue weighted by Crippen LogP contribution is 2.24. The highest BCUT2D eigenvalue weighted by Gasteiger charge is 2.31. The predicted octanol–water partition coefficient (Wildman–Crippen LogP) is 2.68. The monoisotopic (exact) mass is 283 g/mol. The summed E-state index contributed by atoms with van der Waals surface area (Å²) < 4.78 is 5.30. The standard InChI is InChI=1S/C15H22ClNO2/c1-15(2,13-7-5-4-6-8-13)14(18)17(3)10-12-19-11-9-16/h4-8H,9-12H2,1-3H3. The number of rotatable bonds is 7. The minimum atomic E-state index is -0.525. The topological polar surface area (TPSA) is 29.5 Å². The Balaban J connectivity index is 2.60. The predicted molar refractivity (Wildman–Crippen MR) is 78.6 cm³/mol. The van der Waals surface area contributed by atoms with Gasteiger partial charge in [0.05, 0.1) is 18.6 Å². The molecule has 0 aromatic heterocycles. The van der Waals surface area contributed by atoms with Crippen molar-refractivity contribution in [3.8, 4) is 0 Å². The fraction of sp³-hybridized carbons (Fsp3) is 0.533. The van der Waals surface area contributed by atoms with Crippen molar-refractivity contribution in [3.63, 3.8) is 0 Å². The molecule has 4 heteroatoms. The SMILES string of the molecule is CN(CCOCCCl)C(=O)C(C)(C)c1ccccc1. The van der Waals surface area contributed by atoms with Crippen LogP contribution in [0.1, 0.15) is 19.4 Å². The molecule has 3 nitrogen and oxygen atoms in total. The van der Waals surface area contributed by atoms with Crippen LogP contribution in [0.15, 0.2) is 30.3 Å². The van der Waals surface area contributed by atoms with E-state index >= 15 is 0 Å². The van der Waals surface area contributed by atoms with Gasteiger partial charge in [-0.2, -0.15) is 0 Å². The van der Waals surface area contributed by atoms with Gasteiger partial charge in [-0.05, 0) is 19.4 Å². The largest absolute Gasteiger partial charge is 0.378 e. The molecule has 0 aliphatic carbocycles. The van der Waals surface area contributed by atoms with Crippen molar-refractivity contribution in [2.45, 2.75) is 19.3 Å². The number of amides is 1. The number of alkyl halides is 1. The van der Waals surface area contributed by atoms with E-state index in [1.165, 1.54) is 0 Å². The van der Waals surface area contributed by atoms with Gasteiger partial charge in [0, 0.05) is 19.5 Å². The lowest BCUT2D eigenvalue weighted by molar-refractivity contribution is -0.135. The molecule has 1 amide bonds. The summed E-state index contributed by atoms with van der Waals surface area (Å²) in [6.45, 7) is 5.50. The van der Waals surface area contributed by atoms with Crippen molar-refractivity contribution in [2.75, 3.05) is 32.7 Å². The molecule has 1 rings (SSSR count). The Morgan fingerprint density at radius 3 is 2.47 bits per heavy atom. The van der Waals surface area contributed by atoms with E-state index in [0.29, 0.717) is 25.6 Å². The third-order valence-corrected chi connectivity index (χ3v) is 3.32. The van der Waals surface area contributed by atoms with E-state index in [2.05, 4.69) is 0 Å². The number of nitrogens with zero attached hydrogens (tertiary/aromatic N) is 1. The maximum Gasteiger partial charge on any atom is 0.232 e. The maximum absolute atomic E-state index is 12.5. The first-order valence-electron chi connectivity index (χ1n) is 6.45. The zero-order valence-electron chi connectivity index (χ0n) is 11.9. The number of carbonyl (C=O) groups excluding carboxylic acids is 1. The summed E-state index contributed by atoms with van der Waals surface area (Å²) in [4.78, 5) is 14.2. The number of hydrogen-bond donors (Lipinski definition) is 0. The fourth-order valence-corrected chi connectivity index (χ4v) is 2.02. The Bertz CT molecular complexity index is 392. The molecule has 0 saturated carbocycles. The molecule has 0 aliphatic rings. The van der Waals surface area contributed by atoms with Crippen molar-refractivity contribution in [1.29, 1.82) is 0 Å². The molecule has 0 radical (unpaired) electrons. The van der Waals surface area contributed by atoms with Gasteiger partial charge in [0.2, 0.25) is 5.91 Å². The smallest absolute Gasteiger partial charge is 0.232 e. The second-order valence-corrected chi connectivity index (χ2v) is 5.40. The van der Waals surface area contributed by atoms with E-state index < -0.39 is 5.41 Å². The molecule has 0 heterocycles. The van der Waals surface area contributed by atoms with Gasteiger partial charge in [-0.15, -0.1) is 11.6 Å². The minimum Gasteiger partial charge on any atom is -0.378 e. The quantitative estimate of drug-likeness (QED) is 0.569. The Kier molecular flexibility index (Phi) is 6.32. The number of hydrogen-bond acceptors (Lipinski definition) is 2. The third-order valence-electron chi connectivity index (χ3n) is 3.17. The molecule has 0 spiro atoms. The number of likely N-dealkylation sites (N-methyl/N-ethyl adjacent to an activating group) is 1. The number of ether oxygens (including phenoxy) is 1. The molecule has 1 aromatic rings. The first-order valence-corrected chi connectivity index (χ1v) is 6.98. The number of carbonyl (C=O) groups is 1. The third kappa shape index (κ3) is 4.51. The molecular formula is C15H22ClNO2. The minimum absolute atomic E-state index is 0.0909. The van der Waals surface area contributed by atoms with Crippen LogP contribution < -0.4 is 0 Å². The lowest BCUT2D eigenvalue weighted by atomic mass is 9.83. The van der Waals surface area contributed by atoms with Crippen molar-refractivity contribution in [1.82, 2.24) is 4.90 Å². The fourth-order valence-electron chi connectivity index (χ4n) is 1.92. The van der Waals surface area contributed by atoms with Gasteiger partial charge in [0.15, 0.2) is 0 Å². The molecule has 0 unspecified atom stereocenters. The second-order valence-electron chi connectivity index (χ2n) is 5.02. The summed E-state index contributed by atoms with van der Waals surface area (Å²) in [6.07, 6.45) is 0. The summed E-state index contributed by atoms with van der Waals surface area (Å²) in [5.74, 6) is 0.570. The zero-order chi connectivity index (χ0) is 14.3. The molecule has 0 atom stereocenters. The number of benzene rings is 1. The van der Waals surface area contributed by atoms with E-state index in [0.717, 1.165) is 5.56 Å². The van der Waals surface area contributed by atoms with E-state index in [1.807, 2.05) is 44.2 Å². The highest BCUT2D eigenvalue weighted by molar-refractivity contribution is 6.17. The first-order chi connectivity index (χ1) is 9.00. The van der Waals surface area contributed by atoms with Crippen molar-refractivity contribution >= 4 is 17.5 Å². The highest BCUT2D eigenvalue weighted by atomic mass is 35.5. The van der Waals surface area contributed by atoms with E-state index in [1.54, 1.807) is 11.9 Å². The van der Waals surface area contributed by atoms with Gasteiger partial charge in [0.1, 0.15) is 0 Å². The lowest BCUT2D eigenvalue weighted by Crippen LogP contribution is -2.42. The van der Waals surface area contributed by atoms with Crippen molar-refractivity contribution in [3.05, 3.63) is 35.9 Å². The molecule has 106 valence electrons. The van der Waals surface area contributed by atoms with Gasteiger partial charge < -0.3 is 9.64 Å². The average molecular weight is 284 g/mol.